The molecule has 104 valence electrons. The molecule has 0 aliphatic heterocycles. The molecule has 0 unspecified atom stereocenters. The molecule has 0 heterocycles. The number of carbonyl (C=O) groups is 1. The molecule has 0 saturated carbocycles. The molecule has 1 amide bonds. The van der Waals surface area contributed by atoms with Crippen LogP contribution >= 0.6 is 0 Å². The summed E-state index contributed by atoms with van der Waals surface area (Å²) in [5.74, 6) is -0.0467. The van der Waals surface area contributed by atoms with Gasteiger partial charge in [-0.25, -0.2) is 0 Å². The van der Waals surface area contributed by atoms with Gasteiger partial charge in [0.2, 0.25) is 5.91 Å². The van der Waals surface area contributed by atoms with Crippen LogP contribution in [0.25, 0.3) is 0 Å². The minimum Gasteiger partial charge on any atom is -0.385 e. The standard InChI is InChI=1S/C17H20N2O/c1-13-8-9-16(12-17(13)19-14(2)20)18-11-10-15-6-4-3-5-7-15/h3-9,12,18H,10-11H2,1-2H3,(H,19,20). The molecule has 2 N–H and O–H groups in total. The Morgan fingerprint density at radius 3 is 2.55 bits per heavy atom. The molecule has 2 rings (SSSR count). The van der Waals surface area contributed by atoms with Crippen molar-refractivity contribution in [2.75, 3.05) is 17.2 Å². The van der Waals surface area contributed by atoms with Gasteiger partial charge in [0.1, 0.15) is 0 Å². The molecule has 0 radical (unpaired) electrons. The quantitative estimate of drug-likeness (QED) is 0.869. The molecule has 0 aliphatic carbocycles. The lowest BCUT2D eigenvalue weighted by molar-refractivity contribution is -0.114. The van der Waals surface area contributed by atoms with Crippen molar-refractivity contribution in [3.8, 4) is 0 Å². The first kappa shape index (κ1) is 14.1. The van der Waals surface area contributed by atoms with Crippen LogP contribution in [0.15, 0.2) is 48.5 Å². The molecule has 0 fully saturated rings. The fourth-order valence-corrected chi connectivity index (χ4v) is 2.05. The SMILES string of the molecule is CC(=O)Nc1cc(NCCc2ccccc2)ccc1C. The summed E-state index contributed by atoms with van der Waals surface area (Å²) in [5, 5.41) is 6.23. The van der Waals surface area contributed by atoms with Crippen LogP contribution in [0.2, 0.25) is 0 Å². The molecule has 2 aromatic carbocycles. The van der Waals surface area contributed by atoms with Gasteiger partial charge < -0.3 is 10.6 Å². The van der Waals surface area contributed by atoms with Crippen molar-refractivity contribution in [1.29, 1.82) is 0 Å². The zero-order chi connectivity index (χ0) is 14.4. The first-order valence-corrected chi connectivity index (χ1v) is 6.81. The van der Waals surface area contributed by atoms with Gasteiger partial charge in [0.15, 0.2) is 0 Å². The van der Waals surface area contributed by atoms with Crippen LogP contribution in [-0.4, -0.2) is 12.5 Å². The van der Waals surface area contributed by atoms with E-state index in [0.29, 0.717) is 0 Å². The first-order valence-electron chi connectivity index (χ1n) is 6.81. The van der Waals surface area contributed by atoms with Crippen LogP contribution in [0.5, 0.6) is 0 Å². The molecule has 0 aliphatic rings. The average molecular weight is 268 g/mol. The van der Waals surface area contributed by atoms with Crippen molar-refractivity contribution in [1.82, 2.24) is 0 Å². The molecule has 0 atom stereocenters. The minimum absolute atomic E-state index is 0.0467. The number of carbonyl (C=O) groups excluding carboxylic acids is 1. The van der Waals surface area contributed by atoms with Gasteiger partial charge in [-0.15, -0.1) is 0 Å². The molecular weight excluding hydrogens is 248 g/mol. The molecule has 20 heavy (non-hydrogen) atoms. The highest BCUT2D eigenvalue weighted by Crippen LogP contribution is 2.20. The lowest BCUT2D eigenvalue weighted by Crippen LogP contribution is -2.09. The number of benzene rings is 2. The number of hydrogen-bond acceptors (Lipinski definition) is 2. The Labute approximate surface area is 120 Å². The summed E-state index contributed by atoms with van der Waals surface area (Å²) in [6.45, 7) is 4.38. The maximum Gasteiger partial charge on any atom is 0.221 e. The zero-order valence-corrected chi connectivity index (χ0v) is 11.9. The van der Waals surface area contributed by atoms with Gasteiger partial charge in [0, 0.05) is 24.8 Å². The predicted octanol–water partition coefficient (Wildman–Crippen LogP) is 3.61. The van der Waals surface area contributed by atoms with Crippen LogP contribution in [0, 0.1) is 6.92 Å². The van der Waals surface area contributed by atoms with E-state index in [-0.39, 0.29) is 5.91 Å². The van der Waals surface area contributed by atoms with Crippen LogP contribution in [0.1, 0.15) is 18.1 Å². The summed E-state index contributed by atoms with van der Waals surface area (Å²) in [6, 6.07) is 16.4. The summed E-state index contributed by atoms with van der Waals surface area (Å²) >= 11 is 0. The van der Waals surface area contributed by atoms with E-state index in [1.165, 1.54) is 12.5 Å². The predicted molar refractivity (Wildman–Crippen MR) is 84.1 cm³/mol. The Hall–Kier alpha value is -2.29. The van der Waals surface area contributed by atoms with Crippen LogP contribution in [0.4, 0.5) is 11.4 Å². The van der Waals surface area contributed by atoms with E-state index in [4.69, 9.17) is 0 Å². The van der Waals surface area contributed by atoms with E-state index in [1.807, 2.05) is 31.2 Å². The van der Waals surface area contributed by atoms with Gasteiger partial charge >= 0.3 is 0 Å². The second kappa shape index (κ2) is 6.75. The lowest BCUT2D eigenvalue weighted by atomic mass is 10.1. The third-order valence-corrected chi connectivity index (χ3v) is 3.13. The minimum atomic E-state index is -0.0467. The highest BCUT2D eigenvalue weighted by molar-refractivity contribution is 5.90. The Bertz CT molecular complexity index is 579. The molecule has 3 nitrogen and oxygen atoms in total. The average Bonchev–Trinajstić information content (AvgIpc) is 2.43. The Kier molecular flexibility index (Phi) is 4.77. The highest BCUT2D eigenvalue weighted by Gasteiger charge is 2.02. The topological polar surface area (TPSA) is 41.1 Å². The number of amides is 1. The van der Waals surface area contributed by atoms with Crippen molar-refractivity contribution >= 4 is 17.3 Å². The molecule has 0 spiro atoms. The number of rotatable bonds is 5. The normalized spacial score (nSPS) is 10.1. The van der Waals surface area contributed by atoms with Gasteiger partial charge in [-0.3, -0.25) is 4.79 Å². The van der Waals surface area contributed by atoms with Crippen LogP contribution < -0.4 is 10.6 Å². The number of nitrogens with one attached hydrogen (secondary N) is 2. The van der Waals surface area contributed by atoms with E-state index in [0.717, 1.165) is 29.9 Å². The highest BCUT2D eigenvalue weighted by atomic mass is 16.1. The largest absolute Gasteiger partial charge is 0.385 e. The third kappa shape index (κ3) is 4.12. The van der Waals surface area contributed by atoms with Crippen molar-refractivity contribution in [2.24, 2.45) is 0 Å². The molecule has 2 aromatic rings. The van der Waals surface area contributed by atoms with E-state index in [2.05, 4.69) is 34.9 Å². The summed E-state index contributed by atoms with van der Waals surface area (Å²) in [6.07, 6.45) is 0.976. The second-order valence-electron chi connectivity index (χ2n) is 4.87. The summed E-state index contributed by atoms with van der Waals surface area (Å²) in [7, 11) is 0. The van der Waals surface area contributed by atoms with Crippen LogP contribution in [-0.2, 0) is 11.2 Å². The smallest absolute Gasteiger partial charge is 0.221 e. The molecular formula is C17H20N2O. The first-order chi connectivity index (χ1) is 9.65. The number of aryl methyl sites for hydroxylation is 1. The Balaban J connectivity index is 1.94. The van der Waals surface area contributed by atoms with Crippen molar-refractivity contribution in [2.45, 2.75) is 20.3 Å². The van der Waals surface area contributed by atoms with Gasteiger partial charge in [-0.2, -0.15) is 0 Å². The maximum absolute atomic E-state index is 11.1. The van der Waals surface area contributed by atoms with E-state index in [9.17, 15) is 4.79 Å². The molecule has 0 saturated heterocycles. The van der Waals surface area contributed by atoms with Crippen molar-refractivity contribution < 1.29 is 4.79 Å². The zero-order valence-electron chi connectivity index (χ0n) is 11.9. The second-order valence-corrected chi connectivity index (χ2v) is 4.87. The summed E-state index contributed by atoms with van der Waals surface area (Å²) in [5.41, 5.74) is 4.26. The molecule has 3 heteroatoms. The van der Waals surface area contributed by atoms with Crippen LogP contribution in [0.3, 0.4) is 0 Å². The third-order valence-electron chi connectivity index (χ3n) is 3.13. The maximum atomic E-state index is 11.1. The Morgan fingerprint density at radius 2 is 1.85 bits per heavy atom. The van der Waals surface area contributed by atoms with Gasteiger partial charge in [-0.05, 0) is 36.6 Å². The Morgan fingerprint density at radius 1 is 1.10 bits per heavy atom. The van der Waals surface area contributed by atoms with E-state index in [1.54, 1.807) is 0 Å². The molecule has 0 aromatic heterocycles. The van der Waals surface area contributed by atoms with E-state index < -0.39 is 0 Å². The molecule has 0 bridgehead atoms. The monoisotopic (exact) mass is 268 g/mol. The van der Waals surface area contributed by atoms with E-state index >= 15 is 0 Å². The number of anilines is 2. The summed E-state index contributed by atoms with van der Waals surface area (Å²) < 4.78 is 0. The lowest BCUT2D eigenvalue weighted by Gasteiger charge is -2.11. The van der Waals surface area contributed by atoms with Crippen molar-refractivity contribution in [3.05, 3.63) is 59.7 Å². The van der Waals surface area contributed by atoms with Crippen molar-refractivity contribution in [3.63, 3.8) is 0 Å². The number of hydrogen-bond donors (Lipinski definition) is 2. The fraction of sp³-hybridized carbons (Fsp3) is 0.235. The van der Waals surface area contributed by atoms with Gasteiger partial charge in [-0.1, -0.05) is 36.4 Å². The van der Waals surface area contributed by atoms with Gasteiger partial charge in [0.05, 0.1) is 0 Å². The summed E-state index contributed by atoms with van der Waals surface area (Å²) in [4.78, 5) is 11.1. The van der Waals surface area contributed by atoms with Gasteiger partial charge in [0.25, 0.3) is 0 Å². The fourth-order valence-electron chi connectivity index (χ4n) is 2.05.